The van der Waals surface area contributed by atoms with Crippen molar-refractivity contribution in [2.45, 2.75) is 6.42 Å². The zero-order valence-corrected chi connectivity index (χ0v) is 13.4. The maximum Gasteiger partial charge on any atom is 0.337 e. The van der Waals surface area contributed by atoms with Crippen LogP contribution < -0.4 is 10.1 Å². The van der Waals surface area contributed by atoms with Gasteiger partial charge in [0.15, 0.2) is 23.1 Å². The van der Waals surface area contributed by atoms with E-state index in [1.54, 1.807) is 24.3 Å². The van der Waals surface area contributed by atoms with Crippen molar-refractivity contribution < 1.29 is 23.4 Å². The fraction of sp³-hybridized carbons (Fsp3) is 0.0500. The van der Waals surface area contributed by atoms with E-state index in [1.807, 2.05) is 6.07 Å². The third-order valence-corrected chi connectivity index (χ3v) is 4.17. The van der Waals surface area contributed by atoms with Gasteiger partial charge in [-0.2, -0.15) is 0 Å². The second kappa shape index (κ2) is 6.15. The van der Waals surface area contributed by atoms with Crippen LogP contribution in [0, 0.1) is 11.6 Å². The number of carboxylic acid groups (broad SMARTS) is 1. The molecule has 0 aliphatic carbocycles. The van der Waals surface area contributed by atoms with E-state index in [4.69, 9.17) is 4.74 Å². The average molecular weight is 353 g/mol. The zero-order chi connectivity index (χ0) is 18.3. The smallest absolute Gasteiger partial charge is 0.337 e. The first kappa shape index (κ1) is 16.1. The molecule has 0 atom stereocenters. The molecule has 26 heavy (non-hydrogen) atoms. The van der Waals surface area contributed by atoms with E-state index >= 15 is 0 Å². The number of hydrogen-bond acceptors (Lipinski definition) is 3. The molecule has 2 N–H and O–H groups in total. The first-order chi connectivity index (χ1) is 12.5. The molecule has 130 valence electrons. The van der Waals surface area contributed by atoms with Gasteiger partial charge in [0.1, 0.15) is 0 Å². The standard InChI is InChI=1S/C20H13F2NO3/c21-14-6-4-11(9-15(14)22)8-12-5-7-17-16(10-12)23-19-13(20(24)25)2-1-3-18(19)26-17/h1-7,9-10,23H,8H2,(H,24,25). The number of halogens is 2. The Kier molecular flexibility index (Phi) is 3.80. The lowest BCUT2D eigenvalue weighted by atomic mass is 10.0. The Morgan fingerprint density at radius 1 is 0.962 bits per heavy atom. The van der Waals surface area contributed by atoms with Gasteiger partial charge >= 0.3 is 5.97 Å². The minimum Gasteiger partial charge on any atom is -0.478 e. The van der Waals surface area contributed by atoms with Crippen molar-refractivity contribution in [3.8, 4) is 11.5 Å². The normalized spacial score (nSPS) is 11.8. The van der Waals surface area contributed by atoms with Crippen LogP contribution in [0.2, 0.25) is 0 Å². The highest BCUT2D eigenvalue weighted by atomic mass is 19.2. The highest BCUT2D eigenvalue weighted by Crippen LogP contribution is 2.43. The number of carboxylic acids is 1. The van der Waals surface area contributed by atoms with E-state index in [2.05, 4.69) is 5.32 Å². The molecule has 0 aromatic heterocycles. The Morgan fingerprint density at radius 2 is 1.73 bits per heavy atom. The summed E-state index contributed by atoms with van der Waals surface area (Å²) in [5.41, 5.74) is 2.59. The minimum atomic E-state index is -1.06. The minimum absolute atomic E-state index is 0.110. The number of hydrogen-bond donors (Lipinski definition) is 2. The van der Waals surface area contributed by atoms with Crippen molar-refractivity contribution in [3.63, 3.8) is 0 Å². The van der Waals surface area contributed by atoms with Crippen molar-refractivity contribution >= 4 is 17.3 Å². The Hall–Kier alpha value is -3.41. The summed E-state index contributed by atoms with van der Waals surface area (Å²) in [6.07, 6.45) is 0.402. The van der Waals surface area contributed by atoms with Crippen molar-refractivity contribution in [1.82, 2.24) is 0 Å². The van der Waals surface area contributed by atoms with Crippen molar-refractivity contribution in [3.05, 3.63) is 82.9 Å². The Bertz CT molecular complexity index is 1030. The van der Waals surface area contributed by atoms with Gasteiger partial charge in [0.05, 0.1) is 16.9 Å². The molecule has 1 heterocycles. The van der Waals surface area contributed by atoms with E-state index in [0.29, 0.717) is 34.9 Å². The second-order valence-electron chi connectivity index (χ2n) is 5.97. The lowest BCUT2D eigenvalue weighted by molar-refractivity contribution is 0.0697. The average Bonchev–Trinajstić information content (AvgIpc) is 2.62. The monoisotopic (exact) mass is 353 g/mol. The summed E-state index contributed by atoms with van der Waals surface area (Å²) in [6, 6.07) is 14.0. The SMILES string of the molecule is O=C(O)c1cccc2c1Nc1cc(Cc3ccc(F)c(F)c3)ccc1O2. The van der Waals surface area contributed by atoms with E-state index < -0.39 is 17.6 Å². The summed E-state index contributed by atoms with van der Waals surface area (Å²) in [6.45, 7) is 0. The van der Waals surface area contributed by atoms with Crippen LogP contribution >= 0.6 is 0 Å². The Morgan fingerprint density at radius 3 is 2.50 bits per heavy atom. The zero-order valence-electron chi connectivity index (χ0n) is 13.4. The molecule has 0 bridgehead atoms. The molecule has 6 heteroatoms. The molecule has 0 spiro atoms. The van der Waals surface area contributed by atoms with Gasteiger partial charge in [-0.15, -0.1) is 0 Å². The topological polar surface area (TPSA) is 58.6 Å². The molecule has 3 aromatic carbocycles. The molecule has 0 unspecified atom stereocenters. The van der Waals surface area contributed by atoms with Crippen LogP contribution in [-0.2, 0) is 6.42 Å². The fourth-order valence-electron chi connectivity index (χ4n) is 2.94. The lowest BCUT2D eigenvalue weighted by Gasteiger charge is -2.23. The van der Waals surface area contributed by atoms with Gasteiger partial charge < -0.3 is 15.2 Å². The molecule has 4 rings (SSSR count). The number of aromatic carboxylic acids is 1. The fourth-order valence-corrected chi connectivity index (χ4v) is 2.94. The molecule has 0 saturated heterocycles. The van der Waals surface area contributed by atoms with Crippen LogP contribution in [0.5, 0.6) is 11.5 Å². The molecule has 4 nitrogen and oxygen atoms in total. The van der Waals surface area contributed by atoms with Gasteiger partial charge in [0, 0.05) is 0 Å². The Labute approximate surface area is 147 Å². The quantitative estimate of drug-likeness (QED) is 0.538. The molecule has 0 amide bonds. The van der Waals surface area contributed by atoms with E-state index in [1.165, 1.54) is 12.1 Å². The number of ether oxygens (including phenoxy) is 1. The summed E-state index contributed by atoms with van der Waals surface area (Å²) in [5.74, 6) is -1.83. The van der Waals surface area contributed by atoms with E-state index in [0.717, 1.165) is 17.7 Å². The van der Waals surface area contributed by atoms with Crippen molar-refractivity contribution in [2.24, 2.45) is 0 Å². The van der Waals surface area contributed by atoms with E-state index in [9.17, 15) is 18.7 Å². The van der Waals surface area contributed by atoms with E-state index in [-0.39, 0.29) is 5.56 Å². The highest BCUT2D eigenvalue weighted by molar-refractivity contribution is 5.98. The molecule has 1 aliphatic rings. The molecule has 0 fully saturated rings. The highest BCUT2D eigenvalue weighted by Gasteiger charge is 2.22. The number of carbonyl (C=O) groups is 1. The molecule has 0 saturated carbocycles. The van der Waals surface area contributed by atoms with Crippen LogP contribution in [0.3, 0.4) is 0 Å². The van der Waals surface area contributed by atoms with Crippen LogP contribution in [-0.4, -0.2) is 11.1 Å². The van der Waals surface area contributed by atoms with Crippen LogP contribution in [0.15, 0.2) is 54.6 Å². The predicted octanol–water partition coefficient (Wildman–Crippen LogP) is 5.10. The second-order valence-corrected chi connectivity index (χ2v) is 5.97. The molecular weight excluding hydrogens is 340 g/mol. The molecule has 0 radical (unpaired) electrons. The van der Waals surface area contributed by atoms with Gasteiger partial charge in [-0.05, 0) is 53.9 Å². The van der Waals surface area contributed by atoms with Gasteiger partial charge in [-0.3, -0.25) is 0 Å². The third-order valence-electron chi connectivity index (χ3n) is 4.17. The van der Waals surface area contributed by atoms with Crippen LogP contribution in [0.1, 0.15) is 21.5 Å². The summed E-state index contributed by atoms with van der Waals surface area (Å²) >= 11 is 0. The maximum atomic E-state index is 13.4. The van der Waals surface area contributed by atoms with Crippen LogP contribution in [0.4, 0.5) is 20.2 Å². The first-order valence-electron chi connectivity index (χ1n) is 7.89. The maximum absolute atomic E-state index is 13.4. The van der Waals surface area contributed by atoms with Crippen molar-refractivity contribution in [1.29, 1.82) is 0 Å². The number of para-hydroxylation sites is 1. The Balaban J connectivity index is 1.65. The number of rotatable bonds is 3. The molecular formula is C20H13F2NO3. The molecule has 3 aromatic rings. The van der Waals surface area contributed by atoms with Gasteiger partial charge in [-0.1, -0.05) is 18.2 Å². The summed E-state index contributed by atoms with van der Waals surface area (Å²) < 4.78 is 32.2. The van der Waals surface area contributed by atoms with Gasteiger partial charge in [0.25, 0.3) is 0 Å². The lowest BCUT2D eigenvalue weighted by Crippen LogP contribution is -2.09. The van der Waals surface area contributed by atoms with Gasteiger partial charge in [-0.25, -0.2) is 13.6 Å². The number of nitrogens with one attached hydrogen (secondary N) is 1. The van der Waals surface area contributed by atoms with Crippen molar-refractivity contribution in [2.75, 3.05) is 5.32 Å². The first-order valence-corrected chi connectivity index (χ1v) is 7.89. The van der Waals surface area contributed by atoms with Gasteiger partial charge in [0.2, 0.25) is 0 Å². The summed E-state index contributed by atoms with van der Waals surface area (Å²) in [5, 5.41) is 12.4. The summed E-state index contributed by atoms with van der Waals surface area (Å²) in [7, 11) is 0. The third kappa shape index (κ3) is 2.86. The predicted molar refractivity (Wildman–Crippen MR) is 92.4 cm³/mol. The number of fused-ring (bicyclic) bond motifs is 2. The molecule has 1 aliphatic heterocycles. The number of anilines is 2. The van der Waals surface area contributed by atoms with Crippen LogP contribution in [0.25, 0.3) is 0 Å². The summed E-state index contributed by atoms with van der Waals surface area (Å²) in [4.78, 5) is 11.4. The largest absolute Gasteiger partial charge is 0.478 e. The number of benzene rings is 3.